The first-order chi connectivity index (χ1) is 11.9. The molecule has 0 radical (unpaired) electrons. The standard InChI is InChI=1S/C19H28N2O4/c1-19(2,17(20)22)25-18(23)21-12-6-10-16(21)11-7-13-24-14-15-8-4-3-5-9-15/h3-5,8-9,16H,6-7,10-14H2,1-2H3,(H2,20,22). The zero-order chi connectivity index (χ0) is 18.3. The molecule has 0 spiro atoms. The molecule has 1 atom stereocenters. The molecular weight excluding hydrogens is 320 g/mol. The summed E-state index contributed by atoms with van der Waals surface area (Å²) < 4.78 is 11.0. The van der Waals surface area contributed by atoms with Crippen LogP contribution in [0.1, 0.15) is 45.1 Å². The Bertz CT molecular complexity index is 574. The molecule has 1 unspecified atom stereocenters. The molecule has 6 nitrogen and oxygen atoms in total. The summed E-state index contributed by atoms with van der Waals surface area (Å²) in [5.74, 6) is -0.647. The number of nitrogens with two attached hydrogens (primary N) is 1. The number of nitrogens with zero attached hydrogens (tertiary/aromatic N) is 1. The summed E-state index contributed by atoms with van der Waals surface area (Å²) >= 11 is 0. The van der Waals surface area contributed by atoms with Crippen LogP contribution in [0.15, 0.2) is 30.3 Å². The third-order valence-corrected chi connectivity index (χ3v) is 4.49. The van der Waals surface area contributed by atoms with Crippen molar-refractivity contribution in [3.63, 3.8) is 0 Å². The molecule has 1 aliphatic heterocycles. The van der Waals surface area contributed by atoms with Gasteiger partial charge in [-0.3, -0.25) is 4.79 Å². The molecule has 1 aromatic rings. The van der Waals surface area contributed by atoms with Crippen molar-refractivity contribution in [1.29, 1.82) is 0 Å². The second kappa shape index (κ2) is 8.85. The van der Waals surface area contributed by atoms with E-state index in [1.54, 1.807) is 4.90 Å². The average Bonchev–Trinajstić information content (AvgIpc) is 3.03. The Morgan fingerprint density at radius 3 is 2.68 bits per heavy atom. The number of amides is 2. The second-order valence-corrected chi connectivity index (χ2v) is 6.91. The summed E-state index contributed by atoms with van der Waals surface area (Å²) in [6.45, 7) is 4.93. The minimum absolute atomic E-state index is 0.136. The van der Waals surface area contributed by atoms with Crippen molar-refractivity contribution in [3.05, 3.63) is 35.9 Å². The number of carbonyl (C=O) groups excluding carboxylic acids is 2. The van der Waals surface area contributed by atoms with E-state index in [-0.39, 0.29) is 6.04 Å². The van der Waals surface area contributed by atoms with Crippen LogP contribution in [0.4, 0.5) is 4.79 Å². The Morgan fingerprint density at radius 2 is 2.00 bits per heavy atom. The van der Waals surface area contributed by atoms with Crippen molar-refractivity contribution in [3.8, 4) is 0 Å². The van der Waals surface area contributed by atoms with Crippen LogP contribution in [0.5, 0.6) is 0 Å². The molecule has 0 bridgehead atoms. The lowest BCUT2D eigenvalue weighted by Gasteiger charge is -2.29. The van der Waals surface area contributed by atoms with Crippen LogP contribution in [0.2, 0.25) is 0 Å². The van der Waals surface area contributed by atoms with Crippen LogP contribution in [-0.4, -0.2) is 41.7 Å². The lowest BCUT2D eigenvalue weighted by atomic mass is 10.1. The maximum atomic E-state index is 12.3. The molecule has 138 valence electrons. The molecule has 2 amide bonds. The van der Waals surface area contributed by atoms with E-state index in [1.165, 1.54) is 13.8 Å². The van der Waals surface area contributed by atoms with Crippen molar-refractivity contribution in [2.75, 3.05) is 13.2 Å². The summed E-state index contributed by atoms with van der Waals surface area (Å²) in [6, 6.07) is 10.2. The summed E-state index contributed by atoms with van der Waals surface area (Å²) in [4.78, 5) is 25.3. The first kappa shape index (κ1) is 19.2. The predicted octanol–water partition coefficient (Wildman–Crippen LogP) is 2.85. The van der Waals surface area contributed by atoms with Crippen molar-refractivity contribution in [1.82, 2.24) is 4.90 Å². The maximum absolute atomic E-state index is 12.3. The summed E-state index contributed by atoms with van der Waals surface area (Å²) in [5, 5.41) is 0. The first-order valence-corrected chi connectivity index (χ1v) is 8.81. The second-order valence-electron chi connectivity index (χ2n) is 6.91. The van der Waals surface area contributed by atoms with E-state index >= 15 is 0 Å². The lowest BCUT2D eigenvalue weighted by molar-refractivity contribution is -0.134. The average molecular weight is 348 g/mol. The summed E-state index contributed by atoms with van der Waals surface area (Å²) in [7, 11) is 0. The molecule has 0 aliphatic carbocycles. The van der Waals surface area contributed by atoms with Gasteiger partial charge in [-0.05, 0) is 45.1 Å². The highest BCUT2D eigenvalue weighted by molar-refractivity contribution is 5.85. The fourth-order valence-corrected chi connectivity index (χ4v) is 2.89. The van der Waals surface area contributed by atoms with E-state index in [1.807, 2.05) is 30.3 Å². The zero-order valence-corrected chi connectivity index (χ0v) is 15.1. The number of carbonyl (C=O) groups is 2. The van der Waals surface area contributed by atoms with Crippen LogP contribution in [0.3, 0.4) is 0 Å². The van der Waals surface area contributed by atoms with Crippen molar-refractivity contribution >= 4 is 12.0 Å². The van der Waals surface area contributed by atoms with Crippen molar-refractivity contribution < 1.29 is 19.1 Å². The van der Waals surface area contributed by atoms with Gasteiger partial charge < -0.3 is 20.1 Å². The predicted molar refractivity (Wildman–Crippen MR) is 94.8 cm³/mol. The largest absolute Gasteiger partial charge is 0.433 e. The monoisotopic (exact) mass is 348 g/mol. The van der Waals surface area contributed by atoms with E-state index in [2.05, 4.69) is 0 Å². The molecule has 6 heteroatoms. The van der Waals surface area contributed by atoms with Gasteiger partial charge in [0.05, 0.1) is 6.61 Å². The van der Waals surface area contributed by atoms with Gasteiger partial charge in [0.15, 0.2) is 5.60 Å². The van der Waals surface area contributed by atoms with Crippen molar-refractivity contribution in [2.45, 2.75) is 57.8 Å². The van der Waals surface area contributed by atoms with Gasteiger partial charge in [0.1, 0.15) is 0 Å². The first-order valence-electron chi connectivity index (χ1n) is 8.81. The van der Waals surface area contributed by atoms with E-state index in [4.69, 9.17) is 15.2 Å². The molecule has 1 fully saturated rings. The fraction of sp³-hybridized carbons (Fsp3) is 0.579. The van der Waals surface area contributed by atoms with Gasteiger partial charge in [-0.25, -0.2) is 4.79 Å². The SMILES string of the molecule is CC(C)(OC(=O)N1CCCC1CCCOCc1ccccc1)C(N)=O. The number of benzene rings is 1. The molecule has 2 rings (SSSR count). The van der Waals surface area contributed by atoms with Crippen LogP contribution < -0.4 is 5.73 Å². The third kappa shape index (κ3) is 5.74. The number of hydrogen-bond donors (Lipinski definition) is 1. The van der Waals surface area contributed by atoms with Gasteiger partial charge in [-0.2, -0.15) is 0 Å². The fourth-order valence-electron chi connectivity index (χ4n) is 2.89. The van der Waals surface area contributed by atoms with E-state index in [0.717, 1.165) is 31.2 Å². The molecule has 1 aliphatic rings. The minimum Gasteiger partial charge on any atom is -0.433 e. The Morgan fingerprint density at radius 1 is 1.28 bits per heavy atom. The molecule has 0 aromatic heterocycles. The number of hydrogen-bond acceptors (Lipinski definition) is 4. The zero-order valence-electron chi connectivity index (χ0n) is 15.1. The highest BCUT2D eigenvalue weighted by Crippen LogP contribution is 2.24. The van der Waals surface area contributed by atoms with Crippen LogP contribution in [0.25, 0.3) is 0 Å². The summed E-state index contributed by atoms with van der Waals surface area (Å²) in [6.07, 6.45) is 3.17. The van der Waals surface area contributed by atoms with Gasteiger partial charge in [0.25, 0.3) is 5.91 Å². The van der Waals surface area contributed by atoms with Crippen LogP contribution in [-0.2, 0) is 20.9 Å². The molecule has 25 heavy (non-hydrogen) atoms. The highest BCUT2D eigenvalue weighted by Gasteiger charge is 2.35. The maximum Gasteiger partial charge on any atom is 0.411 e. The molecule has 0 saturated carbocycles. The molecule has 2 N–H and O–H groups in total. The lowest BCUT2D eigenvalue weighted by Crippen LogP contribution is -2.47. The van der Waals surface area contributed by atoms with Gasteiger partial charge >= 0.3 is 6.09 Å². The number of rotatable bonds is 8. The minimum atomic E-state index is -1.29. The third-order valence-electron chi connectivity index (χ3n) is 4.49. The highest BCUT2D eigenvalue weighted by atomic mass is 16.6. The Balaban J connectivity index is 1.72. The molecular formula is C19H28N2O4. The Labute approximate surface area is 149 Å². The van der Waals surface area contributed by atoms with Crippen molar-refractivity contribution in [2.24, 2.45) is 5.73 Å². The molecule has 1 heterocycles. The quantitative estimate of drug-likeness (QED) is 0.732. The van der Waals surface area contributed by atoms with E-state index in [9.17, 15) is 9.59 Å². The smallest absolute Gasteiger partial charge is 0.411 e. The summed E-state index contributed by atoms with van der Waals surface area (Å²) in [5.41, 5.74) is 5.13. The molecule has 1 saturated heterocycles. The van der Waals surface area contributed by atoms with Gasteiger partial charge in [0, 0.05) is 19.2 Å². The Kier molecular flexibility index (Phi) is 6.82. The Hall–Kier alpha value is -2.08. The normalized spacial score (nSPS) is 17.5. The number of primary amides is 1. The van der Waals surface area contributed by atoms with Crippen LogP contribution >= 0.6 is 0 Å². The number of ether oxygens (including phenoxy) is 2. The van der Waals surface area contributed by atoms with E-state index in [0.29, 0.717) is 19.8 Å². The van der Waals surface area contributed by atoms with Gasteiger partial charge in [0.2, 0.25) is 0 Å². The topological polar surface area (TPSA) is 81.9 Å². The molecule has 1 aromatic carbocycles. The van der Waals surface area contributed by atoms with E-state index < -0.39 is 17.6 Å². The van der Waals surface area contributed by atoms with Gasteiger partial charge in [-0.1, -0.05) is 30.3 Å². The van der Waals surface area contributed by atoms with Gasteiger partial charge in [-0.15, -0.1) is 0 Å². The number of likely N-dealkylation sites (tertiary alicyclic amines) is 1. The van der Waals surface area contributed by atoms with Crippen LogP contribution in [0, 0.1) is 0 Å².